The van der Waals surface area contributed by atoms with Crippen LogP contribution >= 0.6 is 0 Å². The Morgan fingerprint density at radius 3 is 2.67 bits per heavy atom. The fourth-order valence-corrected chi connectivity index (χ4v) is 0.873. The predicted molar refractivity (Wildman–Crippen MR) is 49.2 cm³/mol. The van der Waals surface area contributed by atoms with Gasteiger partial charge in [0.2, 0.25) is 0 Å². The number of hydrogen-bond acceptors (Lipinski definition) is 2. The van der Waals surface area contributed by atoms with Gasteiger partial charge in [0.15, 0.2) is 0 Å². The molecule has 1 atom stereocenters. The molecule has 0 aliphatic rings. The van der Waals surface area contributed by atoms with E-state index in [9.17, 15) is 4.79 Å². The minimum Gasteiger partial charge on any atom is -0.481 e. The number of carboxylic acids is 1. The van der Waals surface area contributed by atoms with Gasteiger partial charge in [0.1, 0.15) is 0 Å². The Kier molecular flexibility index (Phi) is 6.76. The smallest absolute Gasteiger partial charge is 0.304 e. The second-order valence-electron chi connectivity index (χ2n) is 3.20. The topological polar surface area (TPSA) is 49.3 Å². The van der Waals surface area contributed by atoms with Gasteiger partial charge in [-0.15, -0.1) is 0 Å². The molecule has 0 bridgehead atoms. The van der Waals surface area contributed by atoms with Crippen LogP contribution in [0.4, 0.5) is 0 Å². The summed E-state index contributed by atoms with van der Waals surface area (Å²) in [7, 11) is 0. The molecule has 0 aliphatic carbocycles. The first-order chi connectivity index (χ1) is 5.66. The number of rotatable bonds is 7. The first kappa shape index (κ1) is 11.4. The van der Waals surface area contributed by atoms with Gasteiger partial charge in [-0.05, 0) is 18.9 Å². The predicted octanol–water partition coefficient (Wildman–Crippen LogP) is 1.49. The number of carboxylic acid groups (broad SMARTS) is 1. The molecule has 0 radical (unpaired) electrons. The normalized spacial score (nSPS) is 12.8. The molecule has 1 unspecified atom stereocenters. The van der Waals surface area contributed by atoms with Crippen LogP contribution in [0, 0.1) is 5.92 Å². The van der Waals surface area contributed by atoms with Gasteiger partial charge < -0.3 is 10.4 Å². The van der Waals surface area contributed by atoms with Gasteiger partial charge in [-0.2, -0.15) is 0 Å². The largest absolute Gasteiger partial charge is 0.481 e. The lowest BCUT2D eigenvalue weighted by Gasteiger charge is -2.07. The van der Waals surface area contributed by atoms with E-state index in [1.54, 1.807) is 0 Å². The Bertz CT molecular complexity index is 126. The molecule has 0 aliphatic heterocycles. The summed E-state index contributed by atoms with van der Waals surface area (Å²) in [5.74, 6) is 0.00775. The van der Waals surface area contributed by atoms with E-state index >= 15 is 0 Å². The quantitative estimate of drug-likeness (QED) is 0.573. The Hall–Kier alpha value is -0.570. The highest BCUT2D eigenvalue weighted by atomic mass is 16.4. The molecule has 72 valence electrons. The van der Waals surface area contributed by atoms with Gasteiger partial charge in [0.25, 0.3) is 0 Å². The third-order valence-electron chi connectivity index (χ3n) is 2.03. The number of nitrogens with one attached hydrogen (secondary N) is 1. The molecule has 0 fully saturated rings. The van der Waals surface area contributed by atoms with E-state index in [-0.39, 0.29) is 6.42 Å². The van der Waals surface area contributed by atoms with Crippen LogP contribution in [-0.2, 0) is 4.79 Å². The minimum atomic E-state index is -0.731. The Morgan fingerprint density at radius 2 is 2.17 bits per heavy atom. The van der Waals surface area contributed by atoms with E-state index in [1.807, 2.05) is 0 Å². The second-order valence-corrected chi connectivity index (χ2v) is 3.20. The maximum Gasteiger partial charge on any atom is 0.304 e. The lowest BCUT2D eigenvalue weighted by Crippen LogP contribution is -2.20. The summed E-state index contributed by atoms with van der Waals surface area (Å²) in [6.07, 6.45) is 2.55. The summed E-state index contributed by atoms with van der Waals surface area (Å²) in [6, 6.07) is 0. The summed E-state index contributed by atoms with van der Waals surface area (Å²) < 4.78 is 0. The van der Waals surface area contributed by atoms with Crippen molar-refractivity contribution in [1.29, 1.82) is 0 Å². The van der Waals surface area contributed by atoms with Crippen molar-refractivity contribution in [2.24, 2.45) is 5.92 Å². The fourth-order valence-electron chi connectivity index (χ4n) is 0.873. The zero-order chi connectivity index (χ0) is 9.40. The maximum atomic E-state index is 10.1. The third kappa shape index (κ3) is 7.54. The van der Waals surface area contributed by atoms with E-state index in [0.717, 1.165) is 18.9 Å². The van der Waals surface area contributed by atoms with Gasteiger partial charge >= 0.3 is 5.97 Å². The average Bonchev–Trinajstić information content (AvgIpc) is 2.03. The van der Waals surface area contributed by atoms with Crippen molar-refractivity contribution in [2.75, 3.05) is 13.1 Å². The molecule has 3 heteroatoms. The highest BCUT2D eigenvalue weighted by Gasteiger charge is 1.98. The van der Waals surface area contributed by atoms with Crippen molar-refractivity contribution < 1.29 is 9.90 Å². The van der Waals surface area contributed by atoms with Gasteiger partial charge in [-0.1, -0.05) is 20.3 Å². The van der Waals surface area contributed by atoms with E-state index in [2.05, 4.69) is 19.2 Å². The van der Waals surface area contributed by atoms with E-state index in [4.69, 9.17) is 5.11 Å². The lowest BCUT2D eigenvalue weighted by atomic mass is 10.1. The first-order valence-corrected chi connectivity index (χ1v) is 4.59. The molecule has 0 aromatic rings. The summed E-state index contributed by atoms with van der Waals surface area (Å²) >= 11 is 0. The van der Waals surface area contributed by atoms with Gasteiger partial charge in [-0.3, -0.25) is 4.79 Å². The molecule has 0 spiro atoms. The molecule has 0 saturated heterocycles. The molecule has 3 nitrogen and oxygen atoms in total. The zero-order valence-electron chi connectivity index (χ0n) is 7.97. The van der Waals surface area contributed by atoms with Crippen molar-refractivity contribution in [3.63, 3.8) is 0 Å². The summed E-state index contributed by atoms with van der Waals surface area (Å²) in [6.45, 7) is 5.90. The van der Waals surface area contributed by atoms with Crippen LogP contribution in [0.1, 0.15) is 33.1 Å². The van der Waals surface area contributed by atoms with Crippen molar-refractivity contribution in [1.82, 2.24) is 5.32 Å². The molecule has 0 heterocycles. The van der Waals surface area contributed by atoms with Crippen LogP contribution in [0.25, 0.3) is 0 Å². The zero-order valence-corrected chi connectivity index (χ0v) is 7.97. The molecule has 0 aromatic heterocycles. The van der Waals surface area contributed by atoms with Crippen molar-refractivity contribution in [2.45, 2.75) is 33.1 Å². The lowest BCUT2D eigenvalue weighted by molar-refractivity contribution is -0.136. The molecule has 0 saturated carbocycles. The van der Waals surface area contributed by atoms with Gasteiger partial charge in [0, 0.05) is 6.54 Å². The van der Waals surface area contributed by atoms with Crippen LogP contribution in [0.15, 0.2) is 0 Å². The Morgan fingerprint density at radius 1 is 1.50 bits per heavy atom. The van der Waals surface area contributed by atoms with Crippen molar-refractivity contribution in [3.05, 3.63) is 0 Å². The minimum absolute atomic E-state index is 0.223. The molecule has 0 amide bonds. The monoisotopic (exact) mass is 173 g/mol. The first-order valence-electron chi connectivity index (χ1n) is 4.59. The van der Waals surface area contributed by atoms with Crippen LogP contribution in [0.2, 0.25) is 0 Å². The van der Waals surface area contributed by atoms with E-state index in [1.165, 1.54) is 6.42 Å². The highest BCUT2D eigenvalue weighted by molar-refractivity contribution is 5.66. The number of aliphatic carboxylic acids is 1. The van der Waals surface area contributed by atoms with Crippen LogP contribution < -0.4 is 5.32 Å². The molecular weight excluding hydrogens is 154 g/mol. The third-order valence-corrected chi connectivity index (χ3v) is 2.03. The van der Waals surface area contributed by atoms with Crippen molar-refractivity contribution >= 4 is 5.97 Å². The highest BCUT2D eigenvalue weighted by Crippen LogP contribution is 2.03. The summed E-state index contributed by atoms with van der Waals surface area (Å²) in [5, 5.41) is 11.4. The van der Waals surface area contributed by atoms with Crippen molar-refractivity contribution in [3.8, 4) is 0 Å². The van der Waals surface area contributed by atoms with Gasteiger partial charge in [0.05, 0.1) is 6.42 Å². The van der Waals surface area contributed by atoms with Crippen LogP contribution in [0.3, 0.4) is 0 Å². The number of hydrogen-bond donors (Lipinski definition) is 2. The molecular formula is C9H19NO2. The Labute approximate surface area is 74.2 Å². The van der Waals surface area contributed by atoms with E-state index < -0.39 is 5.97 Å². The molecule has 0 aromatic carbocycles. The number of carbonyl (C=O) groups is 1. The second kappa shape index (κ2) is 7.10. The Balaban J connectivity index is 3.05. The molecule has 2 N–H and O–H groups in total. The fraction of sp³-hybridized carbons (Fsp3) is 0.889. The standard InChI is InChI=1S/C9H19NO2/c1-3-8(2)4-6-10-7-5-9(11)12/h8,10H,3-7H2,1-2H3,(H,11,12). The van der Waals surface area contributed by atoms with E-state index in [0.29, 0.717) is 6.54 Å². The SMILES string of the molecule is CCC(C)CCNCCC(=O)O. The molecule has 12 heavy (non-hydrogen) atoms. The van der Waals surface area contributed by atoms with Crippen LogP contribution in [-0.4, -0.2) is 24.2 Å². The molecule has 0 rings (SSSR count). The van der Waals surface area contributed by atoms with Gasteiger partial charge in [-0.25, -0.2) is 0 Å². The summed E-state index contributed by atoms with van der Waals surface area (Å²) in [4.78, 5) is 10.1. The maximum absolute atomic E-state index is 10.1. The summed E-state index contributed by atoms with van der Waals surface area (Å²) in [5.41, 5.74) is 0. The van der Waals surface area contributed by atoms with Crippen LogP contribution in [0.5, 0.6) is 0 Å². The average molecular weight is 173 g/mol.